The molecule has 1 heterocycles. The monoisotopic (exact) mass is 338 g/mol. The highest BCUT2D eigenvalue weighted by Gasteiger charge is 2.08. The van der Waals surface area contributed by atoms with Crippen molar-refractivity contribution in [3.05, 3.63) is 77.3 Å². The molecule has 0 bridgehead atoms. The number of hydrogen-bond donors (Lipinski definition) is 1. The van der Waals surface area contributed by atoms with Crippen molar-refractivity contribution in [3.63, 3.8) is 0 Å². The van der Waals surface area contributed by atoms with Gasteiger partial charge in [0.2, 0.25) is 0 Å². The molecule has 0 saturated carbocycles. The van der Waals surface area contributed by atoms with Crippen LogP contribution >= 0.6 is 0 Å². The first-order chi connectivity index (χ1) is 12.1. The van der Waals surface area contributed by atoms with Gasteiger partial charge in [-0.05, 0) is 43.2 Å². The molecule has 0 saturated heterocycles. The summed E-state index contributed by atoms with van der Waals surface area (Å²) in [7, 11) is 1.57. The molecule has 0 radical (unpaired) electrons. The summed E-state index contributed by atoms with van der Waals surface area (Å²) in [6.07, 6.45) is 9.93. The molecular weight excluding hydrogens is 316 g/mol. The lowest BCUT2D eigenvalue weighted by Gasteiger charge is -2.10. The highest BCUT2D eigenvalue weighted by molar-refractivity contribution is 5.56. The third-order valence-corrected chi connectivity index (χ3v) is 3.68. The van der Waals surface area contributed by atoms with Gasteiger partial charge in [-0.15, -0.1) is 0 Å². The molecule has 0 aliphatic rings. The molecule has 0 unspecified atom stereocenters. The van der Waals surface area contributed by atoms with Crippen LogP contribution in [0.25, 0.3) is 11.4 Å². The Balaban J connectivity index is 2.10. The van der Waals surface area contributed by atoms with Crippen molar-refractivity contribution in [2.45, 2.75) is 13.3 Å². The number of nitrogens with zero attached hydrogens (tertiary/aromatic N) is 2. The average molecular weight is 338 g/mol. The fourth-order valence-electron chi connectivity index (χ4n) is 2.22. The number of benzene rings is 1. The Morgan fingerprint density at radius 1 is 1.36 bits per heavy atom. The summed E-state index contributed by atoms with van der Waals surface area (Å²) in [5, 5.41) is 9.40. The van der Waals surface area contributed by atoms with Crippen molar-refractivity contribution < 1.29 is 9.84 Å². The van der Waals surface area contributed by atoms with Crippen LogP contribution in [0.4, 0.5) is 0 Å². The molecule has 1 aromatic carbocycles. The van der Waals surface area contributed by atoms with Gasteiger partial charge in [-0.2, -0.15) is 0 Å². The topological polar surface area (TPSA) is 64.3 Å². The Bertz CT molecular complexity index is 846. The maximum Gasteiger partial charge on any atom is 0.295 e. The lowest BCUT2D eigenvalue weighted by molar-refractivity contribution is 0.355. The molecule has 2 rings (SSSR count). The molecule has 0 aliphatic heterocycles. The van der Waals surface area contributed by atoms with Crippen molar-refractivity contribution in [1.82, 2.24) is 9.55 Å². The van der Waals surface area contributed by atoms with E-state index in [1.165, 1.54) is 4.57 Å². The van der Waals surface area contributed by atoms with Gasteiger partial charge in [0, 0.05) is 12.6 Å². The Morgan fingerprint density at radius 3 is 2.72 bits per heavy atom. The van der Waals surface area contributed by atoms with E-state index < -0.39 is 5.56 Å². The minimum absolute atomic E-state index is 0.368. The van der Waals surface area contributed by atoms with E-state index in [1.54, 1.807) is 13.1 Å². The minimum atomic E-state index is -0.479. The summed E-state index contributed by atoms with van der Waals surface area (Å²) in [5.74, 6) is 0.826. The summed E-state index contributed by atoms with van der Waals surface area (Å²) in [4.78, 5) is 15.9. The molecule has 5 heteroatoms. The second kappa shape index (κ2) is 8.68. The smallest absolute Gasteiger partial charge is 0.295 e. The van der Waals surface area contributed by atoms with Crippen molar-refractivity contribution in [1.29, 1.82) is 0 Å². The molecule has 0 amide bonds. The molecule has 1 N–H and O–H groups in total. The lowest BCUT2D eigenvalue weighted by Crippen LogP contribution is -2.18. The van der Waals surface area contributed by atoms with Gasteiger partial charge in [-0.3, -0.25) is 9.36 Å². The zero-order chi connectivity index (χ0) is 18.2. The third kappa shape index (κ3) is 4.70. The van der Waals surface area contributed by atoms with Crippen LogP contribution in [0, 0.1) is 0 Å². The standard InChI is InChI=1S/C20H22N2O3/c1-4-6-7-8-15(5-2)14-25-17-11-9-16(10-12-17)19-21-13-18(23)20(24)22(19)3/h4-6,8-13,23H,2,7,14H2,1,3H3. The van der Waals surface area contributed by atoms with Gasteiger partial charge in [0.15, 0.2) is 5.75 Å². The summed E-state index contributed by atoms with van der Waals surface area (Å²) in [5.41, 5.74) is 1.30. The van der Waals surface area contributed by atoms with Crippen molar-refractivity contribution >= 4 is 0 Å². The Kier molecular flexibility index (Phi) is 6.34. The summed E-state index contributed by atoms with van der Waals surface area (Å²) in [6.45, 7) is 6.22. The minimum Gasteiger partial charge on any atom is -0.502 e. The molecule has 1 aromatic heterocycles. The molecule has 0 aliphatic carbocycles. The number of aromatic hydroxyl groups is 1. The Labute approximate surface area is 147 Å². The van der Waals surface area contributed by atoms with Crippen LogP contribution < -0.4 is 10.3 Å². The molecule has 2 aromatic rings. The van der Waals surface area contributed by atoms with E-state index in [1.807, 2.05) is 37.3 Å². The largest absolute Gasteiger partial charge is 0.502 e. The zero-order valence-corrected chi connectivity index (χ0v) is 14.5. The van der Waals surface area contributed by atoms with Gasteiger partial charge in [0.05, 0.1) is 6.20 Å². The SMILES string of the molecule is C=CC(=CCC=CC)COc1ccc(-c2ncc(O)c(=O)n2C)cc1. The van der Waals surface area contributed by atoms with Crippen molar-refractivity contribution in [2.75, 3.05) is 6.61 Å². The first-order valence-corrected chi connectivity index (χ1v) is 7.97. The Hall–Kier alpha value is -3.08. The van der Waals surface area contributed by atoms with E-state index in [-0.39, 0.29) is 5.75 Å². The predicted octanol–water partition coefficient (Wildman–Crippen LogP) is 3.61. The van der Waals surface area contributed by atoms with E-state index in [0.717, 1.165) is 23.8 Å². The highest BCUT2D eigenvalue weighted by Crippen LogP contribution is 2.20. The number of allylic oxidation sites excluding steroid dienone is 3. The van der Waals surface area contributed by atoms with Crippen LogP contribution in [0.1, 0.15) is 13.3 Å². The zero-order valence-electron chi connectivity index (χ0n) is 14.5. The van der Waals surface area contributed by atoms with E-state index in [4.69, 9.17) is 4.74 Å². The molecule has 0 fully saturated rings. The second-order valence-corrected chi connectivity index (χ2v) is 5.43. The molecule has 0 atom stereocenters. The van der Waals surface area contributed by atoms with Gasteiger partial charge in [-0.1, -0.05) is 30.9 Å². The first-order valence-electron chi connectivity index (χ1n) is 7.97. The van der Waals surface area contributed by atoms with Gasteiger partial charge >= 0.3 is 0 Å². The number of ether oxygens (including phenoxy) is 1. The van der Waals surface area contributed by atoms with E-state index in [9.17, 15) is 9.90 Å². The maximum absolute atomic E-state index is 11.8. The van der Waals surface area contributed by atoms with Crippen LogP contribution in [0.2, 0.25) is 0 Å². The van der Waals surface area contributed by atoms with Gasteiger partial charge < -0.3 is 9.84 Å². The number of aromatic nitrogens is 2. The van der Waals surface area contributed by atoms with Crippen LogP contribution in [-0.2, 0) is 7.05 Å². The quantitative estimate of drug-likeness (QED) is 0.619. The fourth-order valence-corrected chi connectivity index (χ4v) is 2.22. The molecule has 0 spiro atoms. The second-order valence-electron chi connectivity index (χ2n) is 5.43. The van der Waals surface area contributed by atoms with Crippen LogP contribution in [0.3, 0.4) is 0 Å². The van der Waals surface area contributed by atoms with Crippen LogP contribution in [0.5, 0.6) is 11.5 Å². The molecule has 25 heavy (non-hydrogen) atoms. The maximum atomic E-state index is 11.8. The third-order valence-electron chi connectivity index (χ3n) is 3.68. The average Bonchev–Trinajstić information content (AvgIpc) is 2.63. The fraction of sp³-hybridized carbons (Fsp3) is 0.200. The number of rotatable bonds is 7. The summed E-state index contributed by atoms with van der Waals surface area (Å²) in [6, 6.07) is 7.29. The summed E-state index contributed by atoms with van der Waals surface area (Å²) >= 11 is 0. The van der Waals surface area contributed by atoms with Crippen molar-refractivity contribution in [2.24, 2.45) is 7.05 Å². The first kappa shape index (κ1) is 18.3. The van der Waals surface area contributed by atoms with Gasteiger partial charge in [0.25, 0.3) is 5.56 Å². The molecule has 130 valence electrons. The van der Waals surface area contributed by atoms with Gasteiger partial charge in [-0.25, -0.2) is 4.98 Å². The molecule has 5 nitrogen and oxygen atoms in total. The van der Waals surface area contributed by atoms with Gasteiger partial charge in [0.1, 0.15) is 18.2 Å². The summed E-state index contributed by atoms with van der Waals surface area (Å²) < 4.78 is 7.07. The number of hydrogen-bond acceptors (Lipinski definition) is 4. The Morgan fingerprint density at radius 2 is 2.08 bits per heavy atom. The van der Waals surface area contributed by atoms with Crippen LogP contribution in [0.15, 0.2) is 71.7 Å². The normalized spacial score (nSPS) is 11.7. The highest BCUT2D eigenvalue weighted by atomic mass is 16.5. The van der Waals surface area contributed by atoms with E-state index in [0.29, 0.717) is 18.2 Å². The lowest BCUT2D eigenvalue weighted by atomic mass is 10.2. The molecular formula is C20H22N2O3. The van der Waals surface area contributed by atoms with E-state index >= 15 is 0 Å². The predicted molar refractivity (Wildman–Crippen MR) is 99.8 cm³/mol. The van der Waals surface area contributed by atoms with Crippen molar-refractivity contribution in [3.8, 4) is 22.9 Å². The van der Waals surface area contributed by atoms with E-state index in [2.05, 4.69) is 23.7 Å². The van der Waals surface area contributed by atoms with Crippen LogP contribution in [-0.4, -0.2) is 21.3 Å².